The summed E-state index contributed by atoms with van der Waals surface area (Å²) in [5.41, 5.74) is 1.98. The molecule has 4 atom stereocenters. The van der Waals surface area contributed by atoms with Crippen LogP contribution in [-0.4, -0.2) is 56.4 Å². The predicted octanol–water partition coefficient (Wildman–Crippen LogP) is 2.91. The van der Waals surface area contributed by atoms with Crippen LogP contribution in [0.15, 0.2) is 24.3 Å². The van der Waals surface area contributed by atoms with E-state index in [1.807, 2.05) is 32.1 Å². The molecule has 1 aromatic rings. The van der Waals surface area contributed by atoms with Crippen molar-refractivity contribution in [2.75, 3.05) is 31.5 Å². The number of fused-ring (bicyclic) bond motifs is 7. The summed E-state index contributed by atoms with van der Waals surface area (Å²) in [5.74, 6) is 0.935. The fraction of sp³-hybridized carbons (Fsp3) is 0.625. The molecular formula is C24H32N2O6. The molecule has 8 heteroatoms. The molecule has 1 amide bonds. The van der Waals surface area contributed by atoms with Crippen molar-refractivity contribution in [1.29, 1.82) is 0 Å². The second-order valence-electron chi connectivity index (χ2n) is 9.64. The van der Waals surface area contributed by atoms with Crippen molar-refractivity contribution in [2.24, 2.45) is 5.92 Å². The number of nitrogens with zero attached hydrogens (tertiary/aromatic N) is 1. The van der Waals surface area contributed by atoms with Gasteiger partial charge in [-0.1, -0.05) is 26.0 Å². The largest absolute Gasteiger partial charge is 0.454 e. The van der Waals surface area contributed by atoms with Crippen molar-refractivity contribution >= 4 is 11.6 Å². The number of carbonyl (C=O) groups excluding carboxylic acids is 1. The minimum atomic E-state index is -0.747. The zero-order valence-electron chi connectivity index (χ0n) is 19.1. The van der Waals surface area contributed by atoms with Gasteiger partial charge in [-0.25, -0.2) is 0 Å². The molecule has 4 aliphatic rings. The monoisotopic (exact) mass is 444 g/mol. The lowest BCUT2D eigenvalue weighted by molar-refractivity contribution is -0.148. The Morgan fingerprint density at radius 2 is 1.91 bits per heavy atom. The van der Waals surface area contributed by atoms with Gasteiger partial charge in [0.25, 0.3) is 0 Å². The van der Waals surface area contributed by atoms with E-state index < -0.39 is 5.79 Å². The molecule has 1 fully saturated rings. The quantitative estimate of drug-likeness (QED) is 0.668. The Balaban J connectivity index is 1.56. The maximum atomic E-state index is 13.2. The number of hydrogen-bond acceptors (Lipinski definition) is 7. The fourth-order valence-corrected chi connectivity index (χ4v) is 4.93. The van der Waals surface area contributed by atoms with Crippen LogP contribution in [0.2, 0.25) is 0 Å². The summed E-state index contributed by atoms with van der Waals surface area (Å²) in [5, 5.41) is 3.18. The van der Waals surface area contributed by atoms with Gasteiger partial charge in [0.15, 0.2) is 17.3 Å². The van der Waals surface area contributed by atoms with Gasteiger partial charge in [-0.2, -0.15) is 0 Å². The molecule has 1 N–H and O–H groups in total. The molecule has 1 aromatic carbocycles. The van der Waals surface area contributed by atoms with Crippen LogP contribution in [0, 0.1) is 5.92 Å². The van der Waals surface area contributed by atoms with Crippen molar-refractivity contribution in [2.45, 2.75) is 64.2 Å². The van der Waals surface area contributed by atoms with E-state index in [0.29, 0.717) is 37.7 Å². The van der Waals surface area contributed by atoms with Crippen LogP contribution < -0.4 is 19.7 Å². The molecule has 4 aliphatic heterocycles. The van der Waals surface area contributed by atoms with Crippen LogP contribution in [0.5, 0.6) is 11.5 Å². The second-order valence-corrected chi connectivity index (χ2v) is 9.64. The summed E-state index contributed by atoms with van der Waals surface area (Å²) >= 11 is 0. The summed E-state index contributed by atoms with van der Waals surface area (Å²) in [4.78, 5) is 15.4. The highest BCUT2D eigenvalue weighted by Gasteiger charge is 2.52. The lowest BCUT2D eigenvalue weighted by Crippen LogP contribution is -2.53. The maximum Gasteiger partial charge on any atom is 0.231 e. The molecule has 0 aromatic heterocycles. The normalized spacial score (nSPS) is 32.3. The lowest BCUT2D eigenvalue weighted by atomic mass is 9.88. The molecule has 5 rings (SSSR count). The van der Waals surface area contributed by atoms with E-state index in [2.05, 4.69) is 30.1 Å². The van der Waals surface area contributed by atoms with Gasteiger partial charge in [0, 0.05) is 30.3 Å². The van der Waals surface area contributed by atoms with Crippen molar-refractivity contribution in [3.05, 3.63) is 29.8 Å². The van der Waals surface area contributed by atoms with E-state index in [1.165, 1.54) is 0 Å². The van der Waals surface area contributed by atoms with Crippen molar-refractivity contribution in [3.63, 3.8) is 0 Å². The minimum absolute atomic E-state index is 0.0110. The topological polar surface area (TPSA) is 78.5 Å². The Labute approximate surface area is 188 Å². The first-order valence-electron chi connectivity index (χ1n) is 11.4. The van der Waals surface area contributed by atoms with Crippen LogP contribution in [0.4, 0.5) is 5.69 Å². The van der Waals surface area contributed by atoms with Gasteiger partial charge in [-0.05, 0) is 25.8 Å². The van der Waals surface area contributed by atoms with Gasteiger partial charge >= 0.3 is 0 Å². The number of nitrogens with one attached hydrogen (secondary N) is 1. The number of anilines is 1. The smallest absolute Gasteiger partial charge is 0.231 e. The van der Waals surface area contributed by atoms with Gasteiger partial charge in [0.05, 0.1) is 25.3 Å². The average Bonchev–Trinajstić information content (AvgIpc) is 3.31. The molecule has 32 heavy (non-hydrogen) atoms. The number of rotatable bonds is 1. The first-order chi connectivity index (χ1) is 15.3. The molecule has 0 radical (unpaired) electrons. The summed E-state index contributed by atoms with van der Waals surface area (Å²) in [7, 11) is 0. The molecule has 8 nitrogen and oxygen atoms in total. The van der Waals surface area contributed by atoms with E-state index in [9.17, 15) is 4.79 Å². The van der Waals surface area contributed by atoms with Crippen LogP contribution >= 0.6 is 0 Å². The highest BCUT2D eigenvalue weighted by molar-refractivity contribution is 5.78. The first-order valence-corrected chi connectivity index (χ1v) is 11.4. The highest BCUT2D eigenvalue weighted by atomic mass is 16.8. The zero-order chi connectivity index (χ0) is 22.5. The van der Waals surface area contributed by atoms with Crippen molar-refractivity contribution in [1.82, 2.24) is 5.32 Å². The van der Waals surface area contributed by atoms with Crippen LogP contribution in [-0.2, 0) is 19.0 Å². The van der Waals surface area contributed by atoms with Gasteiger partial charge in [0.2, 0.25) is 12.7 Å². The predicted molar refractivity (Wildman–Crippen MR) is 118 cm³/mol. The molecule has 4 heterocycles. The molecule has 1 saturated heterocycles. The van der Waals surface area contributed by atoms with Crippen LogP contribution in [0.1, 0.15) is 45.8 Å². The Morgan fingerprint density at radius 1 is 1.12 bits per heavy atom. The molecule has 0 spiro atoms. The fourth-order valence-electron chi connectivity index (χ4n) is 4.93. The SMILES string of the molecule is CC(C)[C@H]1COC/C=C/CN2c3cc4c(cc3[C@@H]3OC(C)(C)O[C@H]3[C@@H]2CC(=O)N1)OCO4. The van der Waals surface area contributed by atoms with Crippen LogP contribution in [0.25, 0.3) is 0 Å². The third kappa shape index (κ3) is 3.95. The van der Waals surface area contributed by atoms with Gasteiger partial charge in [0.1, 0.15) is 12.2 Å². The minimum Gasteiger partial charge on any atom is -0.454 e. The molecular weight excluding hydrogens is 412 g/mol. The molecule has 0 unspecified atom stereocenters. The first kappa shape index (κ1) is 21.6. The number of hydrogen-bond donors (Lipinski definition) is 1. The van der Waals surface area contributed by atoms with Crippen LogP contribution in [0.3, 0.4) is 0 Å². The number of amides is 1. The Kier molecular flexibility index (Phi) is 5.55. The van der Waals surface area contributed by atoms with Gasteiger partial charge < -0.3 is 33.9 Å². The molecule has 0 bridgehead atoms. The Hall–Kier alpha value is -2.29. The van der Waals surface area contributed by atoms with E-state index in [4.69, 9.17) is 23.7 Å². The lowest BCUT2D eigenvalue weighted by Gasteiger charge is -2.43. The van der Waals surface area contributed by atoms with E-state index in [0.717, 1.165) is 11.3 Å². The number of benzene rings is 1. The third-order valence-corrected chi connectivity index (χ3v) is 6.57. The average molecular weight is 445 g/mol. The number of ether oxygens (including phenoxy) is 5. The highest BCUT2D eigenvalue weighted by Crippen LogP contribution is 2.52. The van der Waals surface area contributed by atoms with E-state index >= 15 is 0 Å². The molecule has 0 saturated carbocycles. The summed E-state index contributed by atoms with van der Waals surface area (Å²) < 4.78 is 29.8. The van der Waals surface area contributed by atoms with E-state index in [-0.39, 0.29) is 42.9 Å². The summed E-state index contributed by atoms with van der Waals surface area (Å²) in [6.07, 6.45) is 3.85. The number of carbonyl (C=O) groups is 1. The van der Waals surface area contributed by atoms with Gasteiger partial charge in [-0.3, -0.25) is 4.79 Å². The Morgan fingerprint density at radius 3 is 2.69 bits per heavy atom. The third-order valence-electron chi connectivity index (χ3n) is 6.57. The second kappa shape index (κ2) is 8.24. The van der Waals surface area contributed by atoms with E-state index in [1.54, 1.807) is 0 Å². The molecule has 174 valence electrons. The summed E-state index contributed by atoms with van der Waals surface area (Å²) in [6.45, 7) is 9.84. The Bertz CT molecular complexity index is 914. The van der Waals surface area contributed by atoms with Crippen molar-refractivity contribution in [3.8, 4) is 11.5 Å². The maximum absolute atomic E-state index is 13.2. The van der Waals surface area contributed by atoms with Gasteiger partial charge in [-0.15, -0.1) is 0 Å². The standard InChI is InChI=1S/C24H32N2O6/c1-14(2)16-12-28-8-6-5-7-26-17-10-20-19(29-13-30-20)9-15(17)22-23(32-24(3,4)31-22)18(26)11-21(27)25-16/h5-6,9-10,14,16,18,22-23H,7-8,11-13H2,1-4H3,(H,25,27)/b6-5+/t16-,18+,22+,23+/m1/s1. The summed E-state index contributed by atoms with van der Waals surface area (Å²) in [6, 6.07) is 3.77. The molecule has 0 aliphatic carbocycles. The van der Waals surface area contributed by atoms with Crippen molar-refractivity contribution < 1.29 is 28.5 Å². The zero-order valence-corrected chi connectivity index (χ0v) is 19.1.